The van der Waals surface area contributed by atoms with Crippen LogP contribution in [0.5, 0.6) is 11.5 Å². The van der Waals surface area contributed by atoms with Gasteiger partial charge in [0, 0.05) is 44.4 Å². The number of benzene rings is 2. The first kappa shape index (κ1) is 23.1. The largest absolute Gasteiger partial charge is 0.457 e. The van der Waals surface area contributed by atoms with E-state index in [1.807, 2.05) is 18.2 Å². The predicted molar refractivity (Wildman–Crippen MR) is 129 cm³/mol. The van der Waals surface area contributed by atoms with Crippen molar-refractivity contribution in [2.24, 2.45) is 5.73 Å². The third kappa shape index (κ3) is 5.29. The van der Waals surface area contributed by atoms with E-state index in [2.05, 4.69) is 21.4 Å². The van der Waals surface area contributed by atoms with Gasteiger partial charge in [0.05, 0.1) is 11.3 Å². The number of pyridine rings is 1. The van der Waals surface area contributed by atoms with Gasteiger partial charge in [-0.1, -0.05) is 24.8 Å². The zero-order chi connectivity index (χ0) is 24.1. The molecule has 7 nitrogen and oxygen atoms in total. The summed E-state index contributed by atoms with van der Waals surface area (Å²) < 4.78 is 20.8. The molecule has 1 fully saturated rings. The SMILES string of the molecule is C=C(C=O)CN1CCN(c2ccc(C(N)=O)c(-c3ccc(Oc4ccccc4)cc3F)n2)CC1. The average molecular weight is 461 g/mol. The maximum absolute atomic E-state index is 15.1. The molecule has 0 aliphatic carbocycles. The Morgan fingerprint density at radius 1 is 1.06 bits per heavy atom. The molecule has 2 N–H and O–H groups in total. The van der Waals surface area contributed by atoms with Crippen LogP contribution in [0, 0.1) is 5.82 Å². The number of nitrogens with two attached hydrogens (primary N) is 1. The predicted octanol–water partition coefficient (Wildman–Crippen LogP) is 3.66. The van der Waals surface area contributed by atoms with Crippen molar-refractivity contribution in [3.05, 3.63) is 84.2 Å². The maximum Gasteiger partial charge on any atom is 0.250 e. The van der Waals surface area contributed by atoms with Gasteiger partial charge in [-0.3, -0.25) is 14.5 Å². The number of rotatable bonds is 8. The number of halogens is 1. The fourth-order valence-electron chi connectivity index (χ4n) is 3.86. The summed E-state index contributed by atoms with van der Waals surface area (Å²) in [5.74, 6) is 0.284. The summed E-state index contributed by atoms with van der Waals surface area (Å²) in [5.41, 5.74) is 6.58. The fourth-order valence-corrected chi connectivity index (χ4v) is 3.86. The number of piperazine rings is 1. The van der Waals surface area contributed by atoms with Crippen LogP contribution in [0.1, 0.15) is 10.4 Å². The molecule has 174 valence electrons. The van der Waals surface area contributed by atoms with Gasteiger partial charge < -0.3 is 15.4 Å². The van der Waals surface area contributed by atoms with Crippen LogP contribution in [0.15, 0.2) is 72.8 Å². The average Bonchev–Trinajstić information content (AvgIpc) is 2.85. The molecule has 4 rings (SSSR count). The van der Waals surface area contributed by atoms with Crippen molar-refractivity contribution in [2.45, 2.75) is 0 Å². The zero-order valence-corrected chi connectivity index (χ0v) is 18.6. The smallest absolute Gasteiger partial charge is 0.250 e. The van der Waals surface area contributed by atoms with Crippen molar-refractivity contribution < 1.29 is 18.7 Å². The van der Waals surface area contributed by atoms with Crippen LogP contribution in [0.4, 0.5) is 10.2 Å². The lowest BCUT2D eigenvalue weighted by Crippen LogP contribution is -2.47. The number of carbonyl (C=O) groups is 2. The molecule has 34 heavy (non-hydrogen) atoms. The fraction of sp³-hybridized carbons (Fsp3) is 0.192. The number of carbonyl (C=O) groups excluding carboxylic acids is 2. The lowest BCUT2D eigenvalue weighted by molar-refractivity contribution is -0.105. The van der Waals surface area contributed by atoms with Gasteiger partial charge in [-0.15, -0.1) is 0 Å². The van der Waals surface area contributed by atoms with Crippen LogP contribution in [-0.4, -0.2) is 54.8 Å². The molecule has 2 heterocycles. The van der Waals surface area contributed by atoms with E-state index in [9.17, 15) is 9.59 Å². The van der Waals surface area contributed by atoms with Crippen LogP contribution in [0.2, 0.25) is 0 Å². The molecule has 1 saturated heterocycles. The molecule has 0 saturated carbocycles. The molecule has 3 aromatic rings. The summed E-state index contributed by atoms with van der Waals surface area (Å²) in [5, 5.41) is 0. The second kappa shape index (κ2) is 10.3. The number of aldehydes is 1. The molecular weight excluding hydrogens is 435 g/mol. The standard InChI is InChI=1S/C26H25FN4O3/c1-18(17-32)16-30-11-13-31(14-12-30)24-10-9-22(26(28)33)25(29-24)21-8-7-20(15-23(21)27)34-19-5-3-2-4-6-19/h2-10,15,17H,1,11-14,16H2,(H2,28,33). The summed E-state index contributed by atoms with van der Waals surface area (Å²) in [7, 11) is 0. The number of anilines is 1. The van der Waals surface area contributed by atoms with Crippen molar-refractivity contribution >= 4 is 18.0 Å². The number of para-hydroxylation sites is 1. The molecule has 1 aromatic heterocycles. The first-order chi connectivity index (χ1) is 16.4. The van der Waals surface area contributed by atoms with Gasteiger partial charge in [0.2, 0.25) is 0 Å². The molecule has 2 aromatic carbocycles. The molecule has 0 unspecified atom stereocenters. The Morgan fingerprint density at radius 3 is 2.44 bits per heavy atom. The van der Waals surface area contributed by atoms with Crippen LogP contribution in [-0.2, 0) is 4.79 Å². The highest BCUT2D eigenvalue weighted by Gasteiger charge is 2.22. The van der Waals surface area contributed by atoms with E-state index in [1.165, 1.54) is 12.1 Å². The lowest BCUT2D eigenvalue weighted by Gasteiger charge is -2.35. The van der Waals surface area contributed by atoms with Gasteiger partial charge in [-0.2, -0.15) is 0 Å². The highest BCUT2D eigenvalue weighted by molar-refractivity contribution is 5.99. The summed E-state index contributed by atoms with van der Waals surface area (Å²) in [6.45, 7) is 7.04. The highest BCUT2D eigenvalue weighted by Crippen LogP contribution is 2.31. The summed E-state index contributed by atoms with van der Waals surface area (Å²) in [4.78, 5) is 31.7. The third-order valence-corrected chi connectivity index (χ3v) is 5.61. The normalized spacial score (nSPS) is 14.0. The van der Waals surface area contributed by atoms with E-state index in [0.717, 1.165) is 19.4 Å². The van der Waals surface area contributed by atoms with Gasteiger partial charge in [-0.25, -0.2) is 9.37 Å². The number of hydrogen-bond donors (Lipinski definition) is 1. The van der Waals surface area contributed by atoms with Gasteiger partial charge in [0.25, 0.3) is 5.91 Å². The van der Waals surface area contributed by atoms with Crippen molar-refractivity contribution in [2.75, 3.05) is 37.6 Å². The molecule has 0 bridgehead atoms. The molecule has 1 amide bonds. The zero-order valence-electron chi connectivity index (χ0n) is 18.6. The van der Waals surface area contributed by atoms with E-state index in [4.69, 9.17) is 10.5 Å². The summed E-state index contributed by atoms with van der Waals surface area (Å²) in [6, 6.07) is 16.8. The maximum atomic E-state index is 15.1. The minimum atomic E-state index is -0.685. The molecule has 1 aliphatic heterocycles. The number of amides is 1. The Balaban J connectivity index is 1.58. The topological polar surface area (TPSA) is 88.8 Å². The van der Waals surface area contributed by atoms with E-state index >= 15 is 4.39 Å². The second-order valence-electron chi connectivity index (χ2n) is 8.03. The number of nitrogens with zero attached hydrogens (tertiary/aromatic N) is 3. The van der Waals surface area contributed by atoms with Gasteiger partial charge in [0.1, 0.15) is 29.4 Å². The number of hydrogen-bond acceptors (Lipinski definition) is 6. The second-order valence-corrected chi connectivity index (χ2v) is 8.03. The van der Waals surface area contributed by atoms with E-state index in [0.29, 0.717) is 42.5 Å². The third-order valence-electron chi connectivity index (χ3n) is 5.61. The summed E-state index contributed by atoms with van der Waals surface area (Å²) >= 11 is 0. The molecular formula is C26H25FN4O3. The summed E-state index contributed by atoms with van der Waals surface area (Å²) in [6.07, 6.45) is 0.771. The van der Waals surface area contributed by atoms with Crippen molar-refractivity contribution in [1.82, 2.24) is 9.88 Å². The molecule has 0 atom stereocenters. The monoisotopic (exact) mass is 460 g/mol. The number of ether oxygens (including phenoxy) is 1. The molecule has 0 spiro atoms. The Kier molecular flexibility index (Phi) is 6.98. The Bertz CT molecular complexity index is 1210. The molecule has 8 heteroatoms. The Morgan fingerprint density at radius 2 is 1.79 bits per heavy atom. The van der Waals surface area contributed by atoms with E-state index in [-0.39, 0.29) is 16.8 Å². The minimum absolute atomic E-state index is 0.139. The van der Waals surface area contributed by atoms with Crippen LogP contribution < -0.4 is 15.4 Å². The lowest BCUT2D eigenvalue weighted by atomic mass is 10.0. The van der Waals surface area contributed by atoms with Gasteiger partial charge in [-0.05, 0) is 42.0 Å². The number of primary amides is 1. The van der Waals surface area contributed by atoms with Crippen molar-refractivity contribution in [3.8, 4) is 22.8 Å². The van der Waals surface area contributed by atoms with Crippen molar-refractivity contribution in [1.29, 1.82) is 0 Å². The van der Waals surface area contributed by atoms with Crippen LogP contribution in [0.3, 0.4) is 0 Å². The Labute approximate surface area is 197 Å². The minimum Gasteiger partial charge on any atom is -0.457 e. The van der Waals surface area contributed by atoms with Crippen LogP contribution >= 0.6 is 0 Å². The first-order valence-corrected chi connectivity index (χ1v) is 10.9. The highest BCUT2D eigenvalue weighted by atomic mass is 19.1. The van der Waals surface area contributed by atoms with Gasteiger partial charge in [0.15, 0.2) is 0 Å². The van der Waals surface area contributed by atoms with E-state index < -0.39 is 11.7 Å². The molecule has 1 aliphatic rings. The first-order valence-electron chi connectivity index (χ1n) is 10.9. The van der Waals surface area contributed by atoms with Gasteiger partial charge >= 0.3 is 0 Å². The molecule has 0 radical (unpaired) electrons. The number of aromatic nitrogens is 1. The Hall–Kier alpha value is -4.04. The van der Waals surface area contributed by atoms with Crippen molar-refractivity contribution in [3.63, 3.8) is 0 Å². The van der Waals surface area contributed by atoms with E-state index in [1.54, 1.807) is 30.3 Å². The quantitative estimate of drug-likeness (QED) is 0.408. The van der Waals surface area contributed by atoms with Crippen LogP contribution in [0.25, 0.3) is 11.3 Å².